The fourth-order valence-corrected chi connectivity index (χ4v) is 1.01. The van der Waals surface area contributed by atoms with Crippen molar-refractivity contribution in [3.05, 3.63) is 35.5 Å². The van der Waals surface area contributed by atoms with E-state index < -0.39 is 12.5 Å². The number of hydrogen-bond acceptors (Lipinski definition) is 1. The van der Waals surface area contributed by atoms with Crippen LogP contribution in [0.15, 0.2) is 18.2 Å². The van der Waals surface area contributed by atoms with Gasteiger partial charge >= 0.3 is 0 Å². The smallest absolute Gasteiger partial charge is 0.165 e. The Morgan fingerprint density at radius 2 is 2.15 bits per heavy atom. The molecule has 0 fully saturated rings. The topological polar surface area (TPSA) is 9.23 Å². The second-order valence-electron chi connectivity index (χ2n) is 2.76. The molecule has 13 heavy (non-hydrogen) atoms. The molecule has 71 valence electrons. The van der Waals surface area contributed by atoms with Crippen LogP contribution in [-0.4, -0.2) is 13.8 Å². The van der Waals surface area contributed by atoms with Gasteiger partial charge in [-0.05, 0) is 17.7 Å². The van der Waals surface area contributed by atoms with Crippen molar-refractivity contribution in [2.45, 2.75) is 6.92 Å². The van der Waals surface area contributed by atoms with Crippen LogP contribution in [0.3, 0.4) is 0 Å². The van der Waals surface area contributed by atoms with E-state index in [1.54, 1.807) is 13.0 Å². The summed E-state index contributed by atoms with van der Waals surface area (Å²) in [4.78, 5) is 0. The van der Waals surface area contributed by atoms with Gasteiger partial charge in [0.25, 0.3) is 0 Å². The van der Waals surface area contributed by atoms with Crippen molar-refractivity contribution in [2.75, 3.05) is 13.8 Å². The Balaban J connectivity index is 2.95. The maximum atomic E-state index is 13.1. The van der Waals surface area contributed by atoms with Gasteiger partial charge < -0.3 is 4.74 Å². The number of halogens is 2. The minimum Gasteiger partial charge on any atom is -0.494 e. The van der Waals surface area contributed by atoms with Crippen LogP contribution in [0.2, 0.25) is 0 Å². The van der Waals surface area contributed by atoms with Gasteiger partial charge in [0.05, 0.1) is 13.8 Å². The first-order valence-electron chi connectivity index (χ1n) is 3.91. The summed E-state index contributed by atoms with van der Waals surface area (Å²) in [6.45, 7) is 1.06. The van der Waals surface area contributed by atoms with E-state index in [4.69, 9.17) is 4.74 Å². The molecule has 0 amide bonds. The highest BCUT2D eigenvalue weighted by Crippen LogP contribution is 2.22. The van der Waals surface area contributed by atoms with Gasteiger partial charge in [0, 0.05) is 5.92 Å². The summed E-state index contributed by atoms with van der Waals surface area (Å²) in [5, 5.41) is 0. The number of rotatable bonds is 3. The van der Waals surface area contributed by atoms with E-state index >= 15 is 0 Å². The average molecular weight is 185 g/mol. The van der Waals surface area contributed by atoms with Crippen molar-refractivity contribution in [1.82, 2.24) is 0 Å². The number of benzene rings is 1. The fraction of sp³-hybridized carbons (Fsp3) is 0.300. The molecule has 1 aromatic rings. The van der Waals surface area contributed by atoms with Crippen LogP contribution in [-0.2, 0) is 0 Å². The van der Waals surface area contributed by atoms with Gasteiger partial charge in [-0.1, -0.05) is 13.0 Å². The third-order valence-electron chi connectivity index (χ3n) is 1.85. The van der Waals surface area contributed by atoms with E-state index in [-0.39, 0.29) is 5.75 Å². The van der Waals surface area contributed by atoms with Crippen molar-refractivity contribution in [1.29, 1.82) is 0 Å². The molecule has 0 aliphatic rings. The van der Waals surface area contributed by atoms with Crippen LogP contribution in [0.1, 0.15) is 12.5 Å². The lowest BCUT2D eigenvalue weighted by atomic mass is 10.0. The lowest BCUT2D eigenvalue weighted by molar-refractivity contribution is 0.386. The van der Waals surface area contributed by atoms with Crippen LogP contribution in [0, 0.1) is 11.7 Å². The molecule has 0 saturated heterocycles. The van der Waals surface area contributed by atoms with E-state index in [0.717, 1.165) is 0 Å². The molecule has 1 aromatic carbocycles. The summed E-state index contributed by atoms with van der Waals surface area (Å²) in [7, 11) is 1.39. The molecule has 0 aliphatic heterocycles. The van der Waals surface area contributed by atoms with Gasteiger partial charge in [0.1, 0.15) is 0 Å². The van der Waals surface area contributed by atoms with E-state index in [1.165, 1.54) is 19.2 Å². The molecule has 1 radical (unpaired) electrons. The second-order valence-corrected chi connectivity index (χ2v) is 2.76. The Labute approximate surface area is 76.3 Å². The molecule has 0 aliphatic carbocycles. The van der Waals surface area contributed by atoms with E-state index in [2.05, 4.69) is 0 Å². The maximum Gasteiger partial charge on any atom is 0.165 e. The normalized spacial score (nSPS) is 10.5. The number of alkyl halides is 1. The van der Waals surface area contributed by atoms with Crippen LogP contribution >= 0.6 is 0 Å². The SMILES string of the molecule is COc1ccc([C](C)CF)cc1F. The monoisotopic (exact) mass is 185 g/mol. The zero-order valence-electron chi connectivity index (χ0n) is 7.60. The molecule has 0 heterocycles. The zero-order valence-corrected chi connectivity index (χ0v) is 7.60. The second kappa shape index (κ2) is 4.21. The number of ether oxygens (including phenoxy) is 1. The van der Waals surface area contributed by atoms with Gasteiger partial charge in [-0.2, -0.15) is 0 Å². The van der Waals surface area contributed by atoms with E-state index in [0.29, 0.717) is 11.5 Å². The van der Waals surface area contributed by atoms with E-state index in [9.17, 15) is 8.78 Å². The summed E-state index contributed by atoms with van der Waals surface area (Å²) in [5.74, 6) is 0.227. The average Bonchev–Trinajstić information content (AvgIpc) is 2.16. The van der Waals surface area contributed by atoms with Crippen molar-refractivity contribution >= 4 is 0 Å². The molecule has 0 N–H and O–H groups in total. The first-order valence-corrected chi connectivity index (χ1v) is 3.91. The molecule has 0 saturated carbocycles. The van der Waals surface area contributed by atoms with Gasteiger partial charge in [-0.25, -0.2) is 4.39 Å². The van der Waals surface area contributed by atoms with Crippen LogP contribution < -0.4 is 4.74 Å². The Hall–Kier alpha value is -1.12. The molecule has 0 atom stereocenters. The Morgan fingerprint density at radius 1 is 1.46 bits per heavy atom. The lowest BCUT2D eigenvalue weighted by Gasteiger charge is -2.08. The fourth-order valence-electron chi connectivity index (χ4n) is 1.01. The van der Waals surface area contributed by atoms with Crippen molar-refractivity contribution < 1.29 is 13.5 Å². The van der Waals surface area contributed by atoms with Crippen LogP contribution in [0.5, 0.6) is 5.75 Å². The quantitative estimate of drug-likeness (QED) is 0.703. The summed E-state index contributed by atoms with van der Waals surface area (Å²) in [6.07, 6.45) is 0. The highest BCUT2D eigenvalue weighted by atomic mass is 19.1. The van der Waals surface area contributed by atoms with Crippen molar-refractivity contribution in [3.63, 3.8) is 0 Å². The third-order valence-corrected chi connectivity index (χ3v) is 1.85. The summed E-state index contributed by atoms with van der Waals surface area (Å²) >= 11 is 0. The maximum absolute atomic E-state index is 13.1. The first-order chi connectivity index (χ1) is 6.19. The Bertz CT molecular complexity index is 286. The Morgan fingerprint density at radius 3 is 2.62 bits per heavy atom. The molecule has 0 unspecified atom stereocenters. The standard InChI is InChI=1S/C10H11F2O/c1-7(6-11)8-3-4-10(13-2)9(12)5-8/h3-5H,6H2,1-2H3. The van der Waals surface area contributed by atoms with Crippen LogP contribution in [0.25, 0.3) is 0 Å². The predicted molar refractivity (Wildman–Crippen MR) is 46.9 cm³/mol. The lowest BCUT2D eigenvalue weighted by Crippen LogP contribution is -1.98. The minimum atomic E-state index is -0.564. The highest BCUT2D eigenvalue weighted by molar-refractivity contribution is 5.36. The molecule has 0 bridgehead atoms. The van der Waals surface area contributed by atoms with Gasteiger partial charge in [-0.3, -0.25) is 4.39 Å². The van der Waals surface area contributed by atoms with Gasteiger partial charge in [0.15, 0.2) is 11.6 Å². The molecular weight excluding hydrogens is 174 g/mol. The van der Waals surface area contributed by atoms with E-state index in [1.807, 2.05) is 0 Å². The molecule has 3 heteroatoms. The van der Waals surface area contributed by atoms with Crippen molar-refractivity contribution in [3.8, 4) is 5.75 Å². The van der Waals surface area contributed by atoms with Crippen LogP contribution in [0.4, 0.5) is 8.78 Å². The number of hydrogen-bond donors (Lipinski definition) is 0. The summed E-state index contributed by atoms with van der Waals surface area (Å²) < 4.78 is 30.0. The first kappa shape index (κ1) is 9.96. The zero-order chi connectivity index (χ0) is 9.84. The minimum absolute atomic E-state index is 0.176. The van der Waals surface area contributed by atoms with Gasteiger partial charge in [-0.15, -0.1) is 0 Å². The third kappa shape index (κ3) is 2.17. The molecule has 1 rings (SSSR count). The molecular formula is C10H11F2O. The highest BCUT2D eigenvalue weighted by Gasteiger charge is 2.09. The largest absolute Gasteiger partial charge is 0.494 e. The summed E-state index contributed by atoms with van der Waals surface area (Å²) in [5.41, 5.74) is 0.570. The molecule has 0 aromatic heterocycles. The predicted octanol–water partition coefficient (Wildman–Crippen LogP) is 2.75. The van der Waals surface area contributed by atoms with Gasteiger partial charge in [0.2, 0.25) is 0 Å². The Kier molecular flexibility index (Phi) is 3.23. The summed E-state index contributed by atoms with van der Waals surface area (Å²) in [6, 6.07) is 4.40. The van der Waals surface area contributed by atoms with Crippen molar-refractivity contribution in [2.24, 2.45) is 0 Å². The molecule has 0 spiro atoms. The molecule has 1 nitrogen and oxygen atoms in total. The number of methoxy groups -OCH3 is 1.